The zero-order valence-corrected chi connectivity index (χ0v) is 18.0. The lowest BCUT2D eigenvalue weighted by Gasteiger charge is -2.24. The molecule has 1 aliphatic heterocycles. The van der Waals surface area contributed by atoms with Gasteiger partial charge in [0, 0.05) is 30.4 Å². The maximum Gasteiger partial charge on any atom is 0.262 e. The minimum Gasteiger partial charge on any atom is -0.497 e. The van der Waals surface area contributed by atoms with Gasteiger partial charge in [-0.3, -0.25) is 14.3 Å². The van der Waals surface area contributed by atoms with Crippen molar-refractivity contribution < 1.29 is 22.7 Å². The smallest absolute Gasteiger partial charge is 0.262 e. The van der Waals surface area contributed by atoms with Crippen LogP contribution in [0.15, 0.2) is 66.1 Å². The molecular weight excluding hydrogens is 418 g/mol. The number of carbonyl (C=O) groups excluding carboxylic acids is 2. The summed E-state index contributed by atoms with van der Waals surface area (Å²) in [7, 11) is -2.35. The van der Waals surface area contributed by atoms with E-state index in [1.165, 1.54) is 31.4 Å². The van der Waals surface area contributed by atoms with E-state index in [1.54, 1.807) is 35.2 Å². The van der Waals surface area contributed by atoms with Crippen LogP contribution in [0.5, 0.6) is 5.75 Å². The molecule has 0 bridgehead atoms. The zero-order valence-electron chi connectivity index (χ0n) is 17.2. The zero-order chi connectivity index (χ0) is 22.4. The minimum atomic E-state index is -3.81. The molecule has 8 nitrogen and oxygen atoms in total. The van der Waals surface area contributed by atoms with Crippen LogP contribution in [-0.4, -0.2) is 51.4 Å². The highest BCUT2D eigenvalue weighted by molar-refractivity contribution is 7.92. The molecular formula is C22H25N3O5S. The van der Waals surface area contributed by atoms with E-state index in [2.05, 4.69) is 16.6 Å². The van der Waals surface area contributed by atoms with Gasteiger partial charge in [-0.25, -0.2) is 8.42 Å². The van der Waals surface area contributed by atoms with Crippen molar-refractivity contribution in [2.75, 3.05) is 24.9 Å². The van der Waals surface area contributed by atoms with Gasteiger partial charge in [0.05, 0.1) is 12.0 Å². The van der Waals surface area contributed by atoms with Crippen molar-refractivity contribution in [3.8, 4) is 5.75 Å². The second-order valence-corrected chi connectivity index (χ2v) is 8.73. The van der Waals surface area contributed by atoms with Gasteiger partial charge >= 0.3 is 0 Å². The summed E-state index contributed by atoms with van der Waals surface area (Å²) in [5.74, 6) is -0.0343. The van der Waals surface area contributed by atoms with Crippen molar-refractivity contribution in [1.82, 2.24) is 10.2 Å². The third kappa shape index (κ3) is 5.24. The van der Waals surface area contributed by atoms with Gasteiger partial charge in [-0.2, -0.15) is 0 Å². The van der Waals surface area contributed by atoms with Gasteiger partial charge in [0.25, 0.3) is 15.9 Å². The van der Waals surface area contributed by atoms with Crippen LogP contribution >= 0.6 is 0 Å². The van der Waals surface area contributed by atoms with Gasteiger partial charge in [-0.05, 0) is 49.2 Å². The summed E-state index contributed by atoms with van der Waals surface area (Å²) in [5.41, 5.74) is 0.703. The number of nitrogens with zero attached hydrogens (tertiary/aromatic N) is 1. The predicted octanol–water partition coefficient (Wildman–Crippen LogP) is 2.40. The van der Waals surface area contributed by atoms with Gasteiger partial charge in [0.2, 0.25) is 5.91 Å². The van der Waals surface area contributed by atoms with Crippen LogP contribution in [-0.2, 0) is 14.8 Å². The molecule has 2 aromatic carbocycles. The van der Waals surface area contributed by atoms with Crippen molar-refractivity contribution in [2.45, 2.75) is 23.8 Å². The third-order valence-corrected chi connectivity index (χ3v) is 6.35. The molecule has 1 aliphatic rings. The summed E-state index contributed by atoms with van der Waals surface area (Å²) >= 11 is 0. The van der Waals surface area contributed by atoms with E-state index >= 15 is 0 Å². The summed E-state index contributed by atoms with van der Waals surface area (Å²) < 4.78 is 32.8. The fraction of sp³-hybridized carbons (Fsp3) is 0.273. The van der Waals surface area contributed by atoms with Gasteiger partial charge < -0.3 is 15.0 Å². The molecule has 1 heterocycles. The molecule has 0 radical (unpaired) electrons. The summed E-state index contributed by atoms with van der Waals surface area (Å²) in [6, 6.07) is 11.8. The Kier molecular flexibility index (Phi) is 6.96. The average molecular weight is 444 g/mol. The molecule has 0 aromatic heterocycles. The number of anilines is 1. The Bertz CT molecular complexity index is 1070. The second kappa shape index (κ2) is 9.65. The molecule has 164 valence electrons. The number of nitrogens with one attached hydrogen (secondary N) is 2. The first kappa shape index (κ1) is 22.4. The molecule has 2 amide bonds. The maximum atomic E-state index is 12.9. The Balaban J connectivity index is 1.71. The normalized spacial score (nSPS) is 15.9. The van der Waals surface area contributed by atoms with E-state index in [4.69, 9.17) is 4.74 Å². The summed E-state index contributed by atoms with van der Waals surface area (Å²) in [5, 5.41) is 2.73. The molecule has 3 rings (SSSR count). The monoisotopic (exact) mass is 443 g/mol. The highest BCUT2D eigenvalue weighted by atomic mass is 32.2. The molecule has 9 heteroatoms. The molecule has 31 heavy (non-hydrogen) atoms. The minimum absolute atomic E-state index is 0.0671. The summed E-state index contributed by atoms with van der Waals surface area (Å²) in [6.07, 6.45) is 2.94. The van der Waals surface area contributed by atoms with Crippen LogP contribution in [0.25, 0.3) is 0 Å². The summed E-state index contributed by atoms with van der Waals surface area (Å²) in [4.78, 5) is 26.8. The van der Waals surface area contributed by atoms with Crippen molar-refractivity contribution in [3.63, 3.8) is 0 Å². The standard InChI is InChI=1S/C22H25N3O5S/c1-3-13-23-21(26)20-8-5-14-25(20)22(27)16-9-11-17(12-10-16)24-31(28,29)19-7-4-6-18(15-19)30-2/h3-4,6-7,9-12,15,20,24H,1,5,8,13-14H2,2H3,(H,23,26). The van der Waals surface area contributed by atoms with E-state index in [0.717, 1.165) is 6.42 Å². The van der Waals surface area contributed by atoms with Crippen LogP contribution in [0.4, 0.5) is 5.69 Å². The number of benzene rings is 2. The molecule has 2 aromatic rings. The Morgan fingerprint density at radius 3 is 2.65 bits per heavy atom. The van der Waals surface area contributed by atoms with E-state index < -0.39 is 16.1 Å². The maximum absolute atomic E-state index is 12.9. The van der Waals surface area contributed by atoms with Crippen LogP contribution in [0.2, 0.25) is 0 Å². The van der Waals surface area contributed by atoms with Gasteiger partial charge in [0.1, 0.15) is 11.8 Å². The molecule has 1 fully saturated rings. The number of ether oxygens (including phenoxy) is 1. The first-order valence-electron chi connectivity index (χ1n) is 9.82. The molecule has 1 atom stereocenters. The fourth-order valence-corrected chi connectivity index (χ4v) is 4.50. The molecule has 2 N–H and O–H groups in total. The number of methoxy groups -OCH3 is 1. The molecule has 0 spiro atoms. The van der Waals surface area contributed by atoms with Crippen LogP contribution in [0.3, 0.4) is 0 Å². The molecule has 0 saturated carbocycles. The first-order chi connectivity index (χ1) is 14.9. The van der Waals surface area contributed by atoms with Gasteiger partial charge in [-0.1, -0.05) is 12.1 Å². The number of hydrogen-bond acceptors (Lipinski definition) is 5. The number of likely N-dealkylation sites (tertiary alicyclic amines) is 1. The van der Waals surface area contributed by atoms with Crippen LogP contribution in [0, 0.1) is 0 Å². The van der Waals surface area contributed by atoms with Crippen LogP contribution in [0.1, 0.15) is 23.2 Å². The molecule has 0 aliphatic carbocycles. The first-order valence-corrected chi connectivity index (χ1v) is 11.3. The SMILES string of the molecule is C=CCNC(=O)C1CCCN1C(=O)c1ccc(NS(=O)(=O)c2cccc(OC)c2)cc1. The Hall–Kier alpha value is -3.33. The van der Waals surface area contributed by atoms with Gasteiger partial charge in [-0.15, -0.1) is 6.58 Å². The third-order valence-electron chi connectivity index (χ3n) is 4.97. The number of rotatable bonds is 8. The van der Waals surface area contributed by atoms with Crippen molar-refractivity contribution in [1.29, 1.82) is 0 Å². The van der Waals surface area contributed by atoms with Crippen molar-refractivity contribution in [2.24, 2.45) is 0 Å². The predicted molar refractivity (Wildman–Crippen MR) is 118 cm³/mol. The highest BCUT2D eigenvalue weighted by Crippen LogP contribution is 2.23. The number of hydrogen-bond donors (Lipinski definition) is 2. The highest BCUT2D eigenvalue weighted by Gasteiger charge is 2.34. The lowest BCUT2D eigenvalue weighted by atomic mass is 10.1. The Morgan fingerprint density at radius 2 is 1.97 bits per heavy atom. The molecule has 1 saturated heterocycles. The van der Waals surface area contributed by atoms with E-state index in [-0.39, 0.29) is 16.7 Å². The number of carbonyl (C=O) groups is 2. The Morgan fingerprint density at radius 1 is 1.23 bits per heavy atom. The summed E-state index contributed by atoms with van der Waals surface area (Å²) in [6.45, 7) is 4.41. The number of amides is 2. The lowest BCUT2D eigenvalue weighted by molar-refractivity contribution is -0.124. The van der Waals surface area contributed by atoms with E-state index in [9.17, 15) is 18.0 Å². The van der Waals surface area contributed by atoms with Crippen molar-refractivity contribution in [3.05, 3.63) is 66.7 Å². The second-order valence-electron chi connectivity index (χ2n) is 7.05. The average Bonchev–Trinajstić information content (AvgIpc) is 3.27. The largest absolute Gasteiger partial charge is 0.497 e. The lowest BCUT2D eigenvalue weighted by Crippen LogP contribution is -2.46. The fourth-order valence-electron chi connectivity index (χ4n) is 3.40. The topological polar surface area (TPSA) is 105 Å². The number of sulfonamides is 1. The van der Waals surface area contributed by atoms with Crippen molar-refractivity contribution >= 4 is 27.5 Å². The van der Waals surface area contributed by atoms with Gasteiger partial charge in [0.15, 0.2) is 0 Å². The quantitative estimate of drug-likeness (QED) is 0.610. The Labute approximate surface area is 181 Å². The van der Waals surface area contributed by atoms with E-state index in [0.29, 0.717) is 36.5 Å². The van der Waals surface area contributed by atoms with Crippen LogP contribution < -0.4 is 14.8 Å². The van der Waals surface area contributed by atoms with E-state index in [1.807, 2.05) is 0 Å². The molecule has 1 unspecified atom stereocenters.